The highest BCUT2D eigenvalue weighted by Gasteiger charge is 2.05. The summed E-state index contributed by atoms with van der Waals surface area (Å²) in [7, 11) is 0. The molecule has 2 aromatic rings. The summed E-state index contributed by atoms with van der Waals surface area (Å²) in [6, 6.07) is 7.66. The average molecular weight is 297 g/mol. The molecule has 0 saturated carbocycles. The Labute approximate surface area is 120 Å². The number of rotatable bonds is 7. The molecule has 0 aliphatic heterocycles. The van der Waals surface area contributed by atoms with Crippen molar-refractivity contribution in [3.8, 4) is 11.5 Å². The van der Waals surface area contributed by atoms with E-state index in [9.17, 15) is 0 Å². The lowest BCUT2D eigenvalue weighted by molar-refractivity contribution is 0.289. The first kappa shape index (κ1) is 14.0. The van der Waals surface area contributed by atoms with E-state index < -0.39 is 0 Å². The zero-order valence-electron chi connectivity index (χ0n) is 10.5. The van der Waals surface area contributed by atoms with E-state index in [0.29, 0.717) is 18.3 Å². The number of ether oxygens (including phenoxy) is 2. The molecule has 19 heavy (non-hydrogen) atoms. The molecule has 1 heterocycles. The molecule has 0 unspecified atom stereocenters. The van der Waals surface area contributed by atoms with Crippen LogP contribution in [0, 0.1) is 0 Å². The predicted molar refractivity (Wildman–Crippen MR) is 78.2 cm³/mol. The topological polar surface area (TPSA) is 70.3 Å². The van der Waals surface area contributed by atoms with Crippen molar-refractivity contribution in [1.82, 2.24) is 10.2 Å². The first-order valence-electron chi connectivity index (χ1n) is 5.86. The molecule has 0 saturated heterocycles. The molecular formula is C12H15N3O2S2. The van der Waals surface area contributed by atoms with Crippen molar-refractivity contribution >= 4 is 28.2 Å². The summed E-state index contributed by atoms with van der Waals surface area (Å²) >= 11 is 2.96. The molecule has 0 radical (unpaired) electrons. The second kappa shape index (κ2) is 7.20. The molecule has 2 N–H and O–H groups in total. The van der Waals surface area contributed by atoms with Crippen LogP contribution in [0.2, 0.25) is 0 Å². The van der Waals surface area contributed by atoms with E-state index in [0.717, 1.165) is 21.6 Å². The Balaban J connectivity index is 1.79. The molecule has 0 aliphatic rings. The van der Waals surface area contributed by atoms with Gasteiger partial charge in [0.15, 0.2) is 15.8 Å². The molecule has 0 amide bonds. The van der Waals surface area contributed by atoms with E-state index >= 15 is 0 Å². The molecule has 0 aliphatic carbocycles. The number of para-hydroxylation sites is 2. The third-order valence-electron chi connectivity index (χ3n) is 2.14. The molecule has 102 valence electrons. The van der Waals surface area contributed by atoms with Gasteiger partial charge in [0.05, 0.1) is 13.2 Å². The van der Waals surface area contributed by atoms with Crippen molar-refractivity contribution in [3.05, 3.63) is 24.3 Å². The van der Waals surface area contributed by atoms with Gasteiger partial charge in [0.25, 0.3) is 0 Å². The monoisotopic (exact) mass is 297 g/mol. The van der Waals surface area contributed by atoms with Gasteiger partial charge < -0.3 is 15.2 Å². The van der Waals surface area contributed by atoms with Crippen molar-refractivity contribution < 1.29 is 9.47 Å². The van der Waals surface area contributed by atoms with Gasteiger partial charge in [-0.1, -0.05) is 35.2 Å². The number of thioether (sulfide) groups is 1. The van der Waals surface area contributed by atoms with Crippen molar-refractivity contribution in [2.24, 2.45) is 0 Å². The van der Waals surface area contributed by atoms with Crippen molar-refractivity contribution in [2.45, 2.75) is 11.3 Å². The molecule has 2 rings (SSSR count). The molecule has 1 aromatic carbocycles. The Morgan fingerprint density at radius 2 is 1.95 bits per heavy atom. The van der Waals surface area contributed by atoms with Gasteiger partial charge in [0, 0.05) is 5.75 Å². The van der Waals surface area contributed by atoms with Crippen molar-refractivity contribution in [1.29, 1.82) is 0 Å². The third-order valence-corrected chi connectivity index (χ3v) is 3.99. The van der Waals surface area contributed by atoms with E-state index in [-0.39, 0.29) is 0 Å². The van der Waals surface area contributed by atoms with Crippen LogP contribution in [0.25, 0.3) is 0 Å². The average Bonchev–Trinajstić information content (AvgIpc) is 2.83. The summed E-state index contributed by atoms with van der Waals surface area (Å²) in [6.07, 6.45) is 0. The first-order chi connectivity index (χ1) is 9.29. The van der Waals surface area contributed by atoms with Gasteiger partial charge in [-0.25, -0.2) is 0 Å². The minimum absolute atomic E-state index is 0.491. The summed E-state index contributed by atoms with van der Waals surface area (Å²) in [5.74, 6) is 2.33. The Hall–Kier alpha value is -1.47. The number of nitrogen functional groups attached to an aromatic ring is 1. The Morgan fingerprint density at radius 3 is 2.58 bits per heavy atom. The van der Waals surface area contributed by atoms with Crippen LogP contribution in [-0.2, 0) is 0 Å². The Kier molecular flexibility index (Phi) is 5.29. The fraction of sp³-hybridized carbons (Fsp3) is 0.333. The number of aromatic nitrogens is 2. The van der Waals surface area contributed by atoms with Crippen LogP contribution in [0.1, 0.15) is 6.92 Å². The lowest BCUT2D eigenvalue weighted by Gasteiger charge is -2.10. The maximum absolute atomic E-state index is 5.70. The quantitative estimate of drug-likeness (QED) is 0.626. The summed E-state index contributed by atoms with van der Waals surface area (Å²) < 4.78 is 12.0. The zero-order chi connectivity index (χ0) is 13.5. The van der Waals surface area contributed by atoms with E-state index in [1.807, 2.05) is 31.2 Å². The minimum Gasteiger partial charge on any atom is -0.490 e. The largest absolute Gasteiger partial charge is 0.490 e. The first-order valence-corrected chi connectivity index (χ1v) is 7.66. The number of nitrogens with two attached hydrogens (primary N) is 1. The van der Waals surface area contributed by atoms with Gasteiger partial charge >= 0.3 is 0 Å². The predicted octanol–water partition coefficient (Wildman–Crippen LogP) is 2.69. The fourth-order valence-electron chi connectivity index (χ4n) is 1.40. The van der Waals surface area contributed by atoms with Crippen LogP contribution < -0.4 is 15.2 Å². The lowest BCUT2D eigenvalue weighted by atomic mass is 10.3. The van der Waals surface area contributed by atoms with Crippen LogP contribution in [-0.4, -0.2) is 29.2 Å². The highest BCUT2D eigenvalue weighted by Crippen LogP contribution is 2.27. The number of hydrogen-bond donors (Lipinski definition) is 1. The van der Waals surface area contributed by atoms with Gasteiger partial charge in [-0.3, -0.25) is 0 Å². The molecule has 1 aromatic heterocycles. The van der Waals surface area contributed by atoms with E-state index in [4.69, 9.17) is 15.2 Å². The molecule has 7 heteroatoms. The smallest absolute Gasteiger partial charge is 0.203 e. The second-order valence-electron chi connectivity index (χ2n) is 3.48. The zero-order valence-corrected chi connectivity index (χ0v) is 12.2. The maximum atomic E-state index is 5.70. The van der Waals surface area contributed by atoms with Crippen LogP contribution in [0.15, 0.2) is 28.6 Å². The van der Waals surface area contributed by atoms with Crippen LogP contribution in [0.5, 0.6) is 11.5 Å². The summed E-state index contributed by atoms with van der Waals surface area (Å²) in [4.78, 5) is 0. The van der Waals surface area contributed by atoms with Crippen molar-refractivity contribution in [2.75, 3.05) is 24.7 Å². The molecule has 0 atom stereocenters. The summed E-state index contributed by atoms with van der Waals surface area (Å²) in [5, 5.41) is 8.18. The third kappa shape index (κ3) is 4.29. The summed E-state index contributed by atoms with van der Waals surface area (Å²) in [5.41, 5.74) is 5.51. The van der Waals surface area contributed by atoms with Crippen LogP contribution >= 0.6 is 23.1 Å². The Morgan fingerprint density at radius 1 is 1.21 bits per heavy atom. The highest BCUT2D eigenvalue weighted by atomic mass is 32.2. The normalized spacial score (nSPS) is 10.4. The van der Waals surface area contributed by atoms with Crippen LogP contribution in [0.4, 0.5) is 5.13 Å². The number of benzene rings is 1. The highest BCUT2D eigenvalue weighted by molar-refractivity contribution is 8.01. The molecule has 0 bridgehead atoms. The fourth-order valence-corrected chi connectivity index (χ4v) is 2.93. The minimum atomic E-state index is 0.491. The molecular weight excluding hydrogens is 282 g/mol. The van der Waals surface area contributed by atoms with E-state index in [1.165, 1.54) is 11.3 Å². The van der Waals surface area contributed by atoms with E-state index in [2.05, 4.69) is 10.2 Å². The van der Waals surface area contributed by atoms with Gasteiger partial charge in [0.2, 0.25) is 5.13 Å². The van der Waals surface area contributed by atoms with Gasteiger partial charge in [-0.15, -0.1) is 10.2 Å². The van der Waals surface area contributed by atoms with Crippen LogP contribution in [0.3, 0.4) is 0 Å². The standard InChI is InChI=1S/C12H15N3O2S2/c1-2-16-9-5-3-4-6-10(9)17-7-8-18-12-15-14-11(13)19-12/h3-6H,2,7-8H2,1H3,(H2,13,14). The lowest BCUT2D eigenvalue weighted by Crippen LogP contribution is -2.02. The molecule has 0 spiro atoms. The van der Waals surface area contributed by atoms with Gasteiger partial charge in [-0.05, 0) is 19.1 Å². The van der Waals surface area contributed by atoms with Gasteiger partial charge in [-0.2, -0.15) is 0 Å². The maximum Gasteiger partial charge on any atom is 0.203 e. The molecule has 0 fully saturated rings. The summed E-state index contributed by atoms with van der Waals surface area (Å²) in [6.45, 7) is 3.15. The number of nitrogens with zero attached hydrogens (tertiary/aromatic N) is 2. The number of anilines is 1. The SMILES string of the molecule is CCOc1ccccc1OCCSc1nnc(N)s1. The van der Waals surface area contributed by atoms with E-state index in [1.54, 1.807) is 11.8 Å². The number of hydrogen-bond acceptors (Lipinski definition) is 7. The van der Waals surface area contributed by atoms with Crippen molar-refractivity contribution in [3.63, 3.8) is 0 Å². The molecule has 5 nitrogen and oxygen atoms in total. The second-order valence-corrected chi connectivity index (χ2v) is 5.83. The van der Waals surface area contributed by atoms with Gasteiger partial charge in [0.1, 0.15) is 0 Å². The Bertz CT molecular complexity index is 519.